The van der Waals surface area contributed by atoms with Crippen molar-refractivity contribution >= 4 is 17.8 Å². The number of aldehydes is 1. The number of amidine groups is 1. The Bertz CT molecular complexity index is 834. The number of nitrogens with zero attached hydrogens (tertiary/aromatic N) is 4. The molecule has 0 unspecified atom stereocenters. The molecule has 0 amide bonds. The third kappa shape index (κ3) is 2.20. The minimum atomic E-state index is 0.176. The maximum absolute atomic E-state index is 10.8. The summed E-state index contributed by atoms with van der Waals surface area (Å²) in [7, 11) is 0. The lowest BCUT2D eigenvalue weighted by atomic mass is 10.2. The van der Waals surface area contributed by atoms with Crippen molar-refractivity contribution in [3.05, 3.63) is 54.1 Å². The van der Waals surface area contributed by atoms with E-state index in [0.717, 1.165) is 17.5 Å². The fourth-order valence-corrected chi connectivity index (χ4v) is 2.05. The molecule has 0 aliphatic carbocycles. The van der Waals surface area contributed by atoms with Gasteiger partial charge in [-0.05, 0) is 24.3 Å². The molecule has 3 aromatic rings. The van der Waals surface area contributed by atoms with Gasteiger partial charge in [0.25, 0.3) is 0 Å². The lowest BCUT2D eigenvalue weighted by Gasteiger charge is -2.03. The van der Waals surface area contributed by atoms with E-state index >= 15 is 0 Å². The maximum atomic E-state index is 10.8. The van der Waals surface area contributed by atoms with Crippen LogP contribution in [0, 0.1) is 0 Å². The van der Waals surface area contributed by atoms with E-state index in [-0.39, 0.29) is 5.84 Å². The summed E-state index contributed by atoms with van der Waals surface area (Å²) in [6, 6.07) is 7.04. The normalized spacial score (nSPS) is 11.7. The predicted molar refractivity (Wildman–Crippen MR) is 78.7 cm³/mol. The Morgan fingerprint density at radius 1 is 1.24 bits per heavy atom. The van der Waals surface area contributed by atoms with Crippen LogP contribution in [-0.2, 0) is 0 Å². The van der Waals surface area contributed by atoms with E-state index in [0.29, 0.717) is 16.9 Å². The number of pyridine rings is 2. The van der Waals surface area contributed by atoms with Gasteiger partial charge in [0.15, 0.2) is 5.84 Å². The fraction of sp³-hybridized carbons (Fsp3) is 0. The quantitative estimate of drug-likeness (QED) is 0.242. The molecular formula is C14H12N6O. The fourth-order valence-electron chi connectivity index (χ4n) is 2.05. The number of aromatic nitrogens is 3. The summed E-state index contributed by atoms with van der Waals surface area (Å²) >= 11 is 0. The van der Waals surface area contributed by atoms with Crippen LogP contribution in [0.2, 0.25) is 0 Å². The zero-order valence-corrected chi connectivity index (χ0v) is 11.0. The summed E-state index contributed by atoms with van der Waals surface area (Å²) in [6.07, 6.45) is 5.98. The van der Waals surface area contributed by atoms with Crippen LogP contribution in [0.25, 0.3) is 16.9 Å². The van der Waals surface area contributed by atoms with E-state index < -0.39 is 0 Å². The summed E-state index contributed by atoms with van der Waals surface area (Å²) in [4.78, 5) is 19.3. The number of hydrogen-bond donors (Lipinski definition) is 2. The van der Waals surface area contributed by atoms with E-state index in [1.165, 1.54) is 0 Å². The number of rotatable bonds is 3. The summed E-state index contributed by atoms with van der Waals surface area (Å²) in [6.45, 7) is 0. The Labute approximate surface area is 119 Å². The van der Waals surface area contributed by atoms with Gasteiger partial charge in [-0.15, -0.1) is 0 Å². The highest BCUT2D eigenvalue weighted by atomic mass is 16.1. The molecule has 0 aliphatic heterocycles. The third-order valence-electron chi connectivity index (χ3n) is 3.13. The van der Waals surface area contributed by atoms with Crippen LogP contribution in [-0.4, -0.2) is 26.5 Å². The SMILES string of the molecule is N/N=C(\N)c1ccc(-c2cnc3cc(C=O)ccn23)cn1. The standard InChI is InChI=1S/C14H12N6O/c15-14(19-16)11-2-1-10(6-17-11)12-7-18-13-5-9(8-21)3-4-20(12)13/h1-8H,16H2,(H2,15,19). The molecule has 0 radical (unpaired) electrons. The van der Waals surface area contributed by atoms with Gasteiger partial charge in [-0.1, -0.05) is 0 Å². The van der Waals surface area contributed by atoms with Gasteiger partial charge in [-0.2, -0.15) is 5.10 Å². The average Bonchev–Trinajstić information content (AvgIpc) is 2.97. The molecular weight excluding hydrogens is 268 g/mol. The first-order chi connectivity index (χ1) is 10.2. The number of nitrogens with two attached hydrogens (primary N) is 2. The lowest BCUT2D eigenvalue weighted by Crippen LogP contribution is -2.16. The number of fused-ring (bicyclic) bond motifs is 1. The third-order valence-corrected chi connectivity index (χ3v) is 3.13. The van der Waals surface area contributed by atoms with Gasteiger partial charge < -0.3 is 11.6 Å². The first kappa shape index (κ1) is 12.8. The molecule has 7 heteroatoms. The highest BCUT2D eigenvalue weighted by molar-refractivity contribution is 5.95. The van der Waals surface area contributed by atoms with Crippen LogP contribution >= 0.6 is 0 Å². The Hall–Kier alpha value is -3.22. The number of carbonyl (C=O) groups is 1. The molecule has 0 spiro atoms. The Morgan fingerprint density at radius 3 is 2.76 bits per heavy atom. The predicted octanol–water partition coefficient (Wildman–Crippen LogP) is 0.788. The topological polar surface area (TPSA) is 112 Å². The molecule has 3 rings (SSSR count). The van der Waals surface area contributed by atoms with Crippen molar-refractivity contribution in [1.82, 2.24) is 14.4 Å². The highest BCUT2D eigenvalue weighted by Crippen LogP contribution is 2.20. The largest absolute Gasteiger partial charge is 0.380 e. The Balaban J connectivity index is 2.06. The van der Waals surface area contributed by atoms with Crippen LogP contribution in [0.1, 0.15) is 16.1 Å². The second kappa shape index (κ2) is 5.04. The molecule has 3 aromatic heterocycles. The highest BCUT2D eigenvalue weighted by Gasteiger charge is 2.08. The van der Waals surface area contributed by atoms with E-state index in [1.54, 1.807) is 36.8 Å². The molecule has 0 atom stereocenters. The Kier molecular flexibility index (Phi) is 3.07. The minimum Gasteiger partial charge on any atom is -0.380 e. The number of hydrogen-bond acceptors (Lipinski definition) is 5. The van der Waals surface area contributed by atoms with Gasteiger partial charge in [-0.25, -0.2) is 4.98 Å². The molecule has 0 saturated heterocycles. The molecule has 21 heavy (non-hydrogen) atoms. The van der Waals surface area contributed by atoms with Gasteiger partial charge in [0.1, 0.15) is 17.6 Å². The molecule has 4 N–H and O–H groups in total. The zero-order valence-electron chi connectivity index (χ0n) is 11.0. The molecule has 104 valence electrons. The molecule has 0 saturated carbocycles. The summed E-state index contributed by atoms with van der Waals surface area (Å²) in [5, 5.41) is 3.40. The summed E-state index contributed by atoms with van der Waals surface area (Å²) in [5.74, 6) is 5.30. The molecule has 0 aliphatic rings. The van der Waals surface area contributed by atoms with Gasteiger partial charge in [0.05, 0.1) is 11.9 Å². The van der Waals surface area contributed by atoms with Gasteiger partial charge >= 0.3 is 0 Å². The number of hydrazone groups is 1. The molecule has 0 aromatic carbocycles. The van der Waals surface area contributed by atoms with Crippen molar-refractivity contribution in [2.45, 2.75) is 0 Å². The van der Waals surface area contributed by atoms with Crippen molar-refractivity contribution in [3.63, 3.8) is 0 Å². The summed E-state index contributed by atoms with van der Waals surface area (Å²) in [5.41, 5.74) is 9.12. The molecule has 7 nitrogen and oxygen atoms in total. The van der Waals surface area contributed by atoms with Gasteiger partial charge in [0, 0.05) is 23.5 Å². The van der Waals surface area contributed by atoms with E-state index in [9.17, 15) is 4.79 Å². The summed E-state index contributed by atoms with van der Waals surface area (Å²) < 4.78 is 1.88. The van der Waals surface area contributed by atoms with Crippen LogP contribution < -0.4 is 11.6 Å². The van der Waals surface area contributed by atoms with Gasteiger partial charge in [-0.3, -0.25) is 14.2 Å². The number of imidazole rings is 1. The molecule has 3 heterocycles. The van der Waals surface area contributed by atoms with Crippen molar-refractivity contribution in [1.29, 1.82) is 0 Å². The monoisotopic (exact) mass is 280 g/mol. The van der Waals surface area contributed by atoms with Crippen molar-refractivity contribution < 1.29 is 4.79 Å². The second-order valence-electron chi connectivity index (χ2n) is 4.40. The van der Waals surface area contributed by atoms with Crippen molar-refractivity contribution in [3.8, 4) is 11.3 Å². The first-order valence-electron chi connectivity index (χ1n) is 6.15. The van der Waals surface area contributed by atoms with Crippen LogP contribution in [0.4, 0.5) is 0 Å². The average molecular weight is 280 g/mol. The smallest absolute Gasteiger partial charge is 0.168 e. The van der Waals surface area contributed by atoms with E-state index in [2.05, 4.69) is 15.1 Å². The minimum absolute atomic E-state index is 0.176. The molecule has 0 bridgehead atoms. The van der Waals surface area contributed by atoms with Crippen LogP contribution in [0.3, 0.4) is 0 Å². The lowest BCUT2D eigenvalue weighted by molar-refractivity contribution is 0.112. The maximum Gasteiger partial charge on any atom is 0.168 e. The van der Waals surface area contributed by atoms with E-state index in [1.807, 2.05) is 10.5 Å². The van der Waals surface area contributed by atoms with Crippen molar-refractivity contribution in [2.75, 3.05) is 0 Å². The van der Waals surface area contributed by atoms with Gasteiger partial charge in [0.2, 0.25) is 0 Å². The van der Waals surface area contributed by atoms with E-state index in [4.69, 9.17) is 11.6 Å². The second-order valence-corrected chi connectivity index (χ2v) is 4.40. The Morgan fingerprint density at radius 2 is 2.10 bits per heavy atom. The molecule has 0 fully saturated rings. The van der Waals surface area contributed by atoms with Crippen LogP contribution in [0.5, 0.6) is 0 Å². The zero-order chi connectivity index (χ0) is 14.8. The first-order valence-corrected chi connectivity index (χ1v) is 6.15. The number of carbonyl (C=O) groups excluding carboxylic acids is 1. The van der Waals surface area contributed by atoms with Crippen molar-refractivity contribution in [2.24, 2.45) is 16.7 Å². The van der Waals surface area contributed by atoms with Crippen LogP contribution in [0.15, 0.2) is 48.0 Å².